The van der Waals surface area contributed by atoms with E-state index in [0.29, 0.717) is 17.1 Å². The zero-order valence-electron chi connectivity index (χ0n) is 21.2. The number of ether oxygens (including phenoxy) is 1. The van der Waals surface area contributed by atoms with Gasteiger partial charge in [-0.15, -0.1) is 23.5 Å². The third kappa shape index (κ3) is 6.65. The number of benzene rings is 2. The topological polar surface area (TPSA) is 26.3 Å². The molecule has 4 heteroatoms. The van der Waals surface area contributed by atoms with Gasteiger partial charge in [-0.3, -0.25) is 4.79 Å². The van der Waals surface area contributed by atoms with E-state index in [0.717, 1.165) is 30.8 Å². The summed E-state index contributed by atoms with van der Waals surface area (Å²) in [6.07, 6.45) is 6.68. The minimum atomic E-state index is -0.198. The summed E-state index contributed by atoms with van der Waals surface area (Å²) >= 11 is 3.99. The van der Waals surface area contributed by atoms with Crippen LogP contribution >= 0.6 is 23.5 Å². The molecule has 186 valence electrons. The Labute approximate surface area is 220 Å². The van der Waals surface area contributed by atoms with Crippen LogP contribution in [0, 0.1) is 11.8 Å². The highest BCUT2D eigenvalue weighted by Gasteiger charge is 2.50. The Kier molecular flexibility index (Phi) is 9.62. The van der Waals surface area contributed by atoms with Gasteiger partial charge in [-0.25, -0.2) is 0 Å². The van der Waals surface area contributed by atoms with Crippen molar-refractivity contribution in [1.29, 1.82) is 0 Å². The van der Waals surface area contributed by atoms with Crippen LogP contribution in [-0.4, -0.2) is 28.7 Å². The van der Waals surface area contributed by atoms with Gasteiger partial charge in [-0.05, 0) is 79.2 Å². The van der Waals surface area contributed by atoms with Gasteiger partial charge in [0.25, 0.3) is 0 Å². The van der Waals surface area contributed by atoms with Crippen molar-refractivity contribution in [2.45, 2.75) is 57.0 Å². The number of thioether (sulfide) groups is 2. The van der Waals surface area contributed by atoms with Gasteiger partial charge < -0.3 is 4.74 Å². The molecule has 0 N–H and O–H groups in total. The van der Waals surface area contributed by atoms with Crippen molar-refractivity contribution < 1.29 is 9.53 Å². The lowest BCUT2D eigenvalue weighted by Gasteiger charge is -2.45. The standard InChI is InChI=1S/C31H38O2S2/c1-22(2)12-10-13-23(3)18-19-33-30(32)28-26(24-14-6-4-7-15-24)27(25-16-8-5-9-17-25)29(28)31-34-20-11-21-35-31/h4-9,12,14-17,23,26,28,31H,10-11,13,18-21H2,1-3H3/t23-,26-,28+/m1/s1. The molecule has 1 fully saturated rings. The summed E-state index contributed by atoms with van der Waals surface area (Å²) in [5.41, 5.74) is 6.44. The molecule has 0 amide bonds. The van der Waals surface area contributed by atoms with E-state index in [-0.39, 0.29) is 17.8 Å². The fraction of sp³-hybridized carbons (Fsp3) is 0.452. The summed E-state index contributed by atoms with van der Waals surface area (Å²) in [5.74, 6) is 2.67. The molecule has 0 unspecified atom stereocenters. The van der Waals surface area contributed by atoms with E-state index in [9.17, 15) is 4.79 Å². The monoisotopic (exact) mass is 506 g/mol. The molecule has 35 heavy (non-hydrogen) atoms. The normalized spacial score (nSPS) is 21.2. The first-order valence-corrected chi connectivity index (χ1v) is 15.0. The fourth-order valence-electron chi connectivity index (χ4n) is 5.04. The Morgan fingerprint density at radius 3 is 2.31 bits per heavy atom. The van der Waals surface area contributed by atoms with E-state index in [2.05, 4.69) is 81.4 Å². The quantitative estimate of drug-likeness (QED) is 0.239. The molecule has 1 saturated heterocycles. The Bertz CT molecular complexity index is 1020. The van der Waals surface area contributed by atoms with Crippen molar-refractivity contribution in [3.05, 3.63) is 89.0 Å². The summed E-state index contributed by atoms with van der Waals surface area (Å²) < 4.78 is 6.33. The first-order valence-electron chi connectivity index (χ1n) is 12.9. The van der Waals surface area contributed by atoms with Crippen LogP contribution in [0.2, 0.25) is 0 Å². The molecule has 3 atom stereocenters. The number of carbonyl (C=O) groups excluding carboxylic acids is 1. The minimum absolute atomic E-state index is 0.0446. The zero-order valence-corrected chi connectivity index (χ0v) is 22.9. The van der Waals surface area contributed by atoms with Crippen LogP contribution in [0.25, 0.3) is 5.57 Å². The van der Waals surface area contributed by atoms with E-state index >= 15 is 0 Å². The predicted octanol–water partition coefficient (Wildman–Crippen LogP) is 8.37. The van der Waals surface area contributed by atoms with Crippen molar-refractivity contribution in [3.8, 4) is 0 Å². The van der Waals surface area contributed by atoms with Crippen LogP contribution in [0.4, 0.5) is 0 Å². The summed E-state index contributed by atoms with van der Waals surface area (Å²) in [6, 6.07) is 21.2. The third-order valence-electron chi connectivity index (χ3n) is 6.94. The van der Waals surface area contributed by atoms with Gasteiger partial charge in [0, 0.05) is 5.92 Å². The second-order valence-electron chi connectivity index (χ2n) is 9.95. The molecule has 0 bridgehead atoms. The summed E-state index contributed by atoms with van der Waals surface area (Å²) in [6.45, 7) is 7.06. The number of esters is 1. The van der Waals surface area contributed by atoms with Crippen LogP contribution < -0.4 is 0 Å². The Morgan fingerprint density at radius 1 is 1.00 bits per heavy atom. The maximum atomic E-state index is 13.6. The number of hydrogen-bond acceptors (Lipinski definition) is 4. The zero-order chi connectivity index (χ0) is 24.6. The lowest BCUT2D eigenvalue weighted by atomic mass is 9.63. The number of rotatable bonds is 10. The molecule has 2 aromatic rings. The van der Waals surface area contributed by atoms with E-state index in [1.54, 1.807) is 0 Å². The molecule has 1 heterocycles. The number of hydrogen-bond donors (Lipinski definition) is 0. The first-order chi connectivity index (χ1) is 17.1. The smallest absolute Gasteiger partial charge is 0.314 e. The average molecular weight is 507 g/mol. The molecule has 1 aliphatic heterocycles. The van der Waals surface area contributed by atoms with Gasteiger partial charge in [0.1, 0.15) is 0 Å². The van der Waals surface area contributed by atoms with Crippen molar-refractivity contribution in [1.82, 2.24) is 0 Å². The van der Waals surface area contributed by atoms with Crippen LogP contribution in [0.5, 0.6) is 0 Å². The van der Waals surface area contributed by atoms with Gasteiger partial charge in [0.15, 0.2) is 0 Å². The lowest BCUT2D eigenvalue weighted by molar-refractivity contribution is -0.148. The second kappa shape index (κ2) is 12.9. The first kappa shape index (κ1) is 26.2. The fourth-order valence-corrected chi connectivity index (χ4v) is 8.14. The van der Waals surface area contributed by atoms with E-state index in [1.165, 1.54) is 34.3 Å². The van der Waals surface area contributed by atoms with Crippen molar-refractivity contribution >= 4 is 35.1 Å². The molecule has 2 aromatic carbocycles. The average Bonchev–Trinajstić information content (AvgIpc) is 2.85. The second-order valence-corrected chi connectivity index (χ2v) is 12.7. The SMILES string of the molecule is CC(C)=CCC[C@@H](C)CCOC(=O)[C@@H]1C(C2SCCCS2)=C(c2ccccc2)[C@H]1c1ccccc1. The van der Waals surface area contributed by atoms with Crippen molar-refractivity contribution in [3.63, 3.8) is 0 Å². The van der Waals surface area contributed by atoms with Crippen LogP contribution in [0.3, 0.4) is 0 Å². The van der Waals surface area contributed by atoms with Crippen molar-refractivity contribution in [2.75, 3.05) is 18.1 Å². The van der Waals surface area contributed by atoms with Gasteiger partial charge in [-0.2, -0.15) is 0 Å². The maximum Gasteiger partial charge on any atom is 0.314 e. The number of allylic oxidation sites excluding steroid dienone is 3. The molecule has 0 saturated carbocycles. The predicted molar refractivity (Wildman–Crippen MR) is 153 cm³/mol. The highest BCUT2D eigenvalue weighted by Crippen LogP contribution is 2.58. The Morgan fingerprint density at radius 2 is 1.66 bits per heavy atom. The van der Waals surface area contributed by atoms with E-state index in [1.807, 2.05) is 29.6 Å². The van der Waals surface area contributed by atoms with Gasteiger partial charge >= 0.3 is 5.97 Å². The maximum absolute atomic E-state index is 13.6. The molecule has 2 nitrogen and oxygen atoms in total. The highest BCUT2D eigenvalue weighted by atomic mass is 32.2. The van der Waals surface area contributed by atoms with Crippen LogP contribution in [-0.2, 0) is 9.53 Å². The largest absolute Gasteiger partial charge is 0.465 e. The van der Waals surface area contributed by atoms with E-state index < -0.39 is 0 Å². The lowest BCUT2D eigenvalue weighted by Crippen LogP contribution is -2.40. The summed E-state index contributed by atoms with van der Waals surface area (Å²) in [5, 5.41) is 0. The van der Waals surface area contributed by atoms with Crippen LogP contribution in [0.15, 0.2) is 77.9 Å². The molecule has 4 rings (SSSR count). The van der Waals surface area contributed by atoms with Crippen LogP contribution in [0.1, 0.15) is 63.5 Å². The Balaban J connectivity index is 1.56. The van der Waals surface area contributed by atoms with Gasteiger partial charge in [0.05, 0.1) is 17.1 Å². The number of carbonyl (C=O) groups is 1. The van der Waals surface area contributed by atoms with Gasteiger partial charge in [0.2, 0.25) is 0 Å². The molecule has 2 aliphatic rings. The van der Waals surface area contributed by atoms with E-state index in [4.69, 9.17) is 4.74 Å². The third-order valence-corrected chi connectivity index (χ3v) is 9.91. The van der Waals surface area contributed by atoms with Gasteiger partial charge in [-0.1, -0.05) is 79.2 Å². The Hall–Kier alpha value is -1.91. The summed E-state index contributed by atoms with van der Waals surface area (Å²) in [7, 11) is 0. The molecule has 1 aliphatic carbocycles. The molecular formula is C31H38O2S2. The molecule has 0 aromatic heterocycles. The molecule has 0 radical (unpaired) electrons. The minimum Gasteiger partial charge on any atom is -0.465 e. The molecular weight excluding hydrogens is 468 g/mol. The molecule has 0 spiro atoms. The van der Waals surface area contributed by atoms with Crippen molar-refractivity contribution in [2.24, 2.45) is 11.8 Å². The highest BCUT2D eigenvalue weighted by molar-refractivity contribution is 8.17. The summed E-state index contributed by atoms with van der Waals surface area (Å²) in [4.78, 5) is 13.6.